The van der Waals surface area contributed by atoms with Crippen molar-refractivity contribution in [1.82, 2.24) is 25.0 Å². The Labute approximate surface area is 168 Å². The molecule has 1 aromatic carbocycles. The van der Waals surface area contributed by atoms with E-state index >= 15 is 0 Å². The summed E-state index contributed by atoms with van der Waals surface area (Å²) in [5.41, 5.74) is 0.183. The lowest BCUT2D eigenvalue weighted by Gasteiger charge is -2.32. The Morgan fingerprint density at radius 1 is 1.21 bits per heavy atom. The molecule has 0 bridgehead atoms. The van der Waals surface area contributed by atoms with Gasteiger partial charge in [-0.25, -0.2) is 14.1 Å². The first kappa shape index (κ1) is 18.5. The minimum Gasteiger partial charge on any atom is -0.354 e. The topological polar surface area (TPSA) is 88.8 Å². The molecule has 1 N–H and O–H groups in total. The number of amides is 1. The maximum absolute atomic E-state index is 14.0. The van der Waals surface area contributed by atoms with Crippen LogP contribution < -0.4 is 10.2 Å². The molecule has 3 heterocycles. The minimum absolute atomic E-state index is 0.183. The lowest BCUT2D eigenvalue weighted by atomic mass is 9.97. The SMILES string of the molecule is O=C(Nc1ccc(Br)cc1F)C1CCCN(c2ccc(-n3cncn3)nn2)C1. The fourth-order valence-electron chi connectivity index (χ4n) is 3.16. The van der Waals surface area contributed by atoms with Gasteiger partial charge in [0.1, 0.15) is 18.5 Å². The average Bonchev–Trinajstić information content (AvgIpc) is 3.25. The number of anilines is 2. The third-order valence-electron chi connectivity index (χ3n) is 4.60. The molecule has 3 aromatic rings. The fourth-order valence-corrected chi connectivity index (χ4v) is 3.49. The molecular weight excluding hydrogens is 429 g/mol. The molecule has 10 heteroatoms. The highest BCUT2D eigenvalue weighted by molar-refractivity contribution is 9.10. The number of benzene rings is 1. The van der Waals surface area contributed by atoms with Crippen LogP contribution in [0.15, 0.2) is 47.5 Å². The van der Waals surface area contributed by atoms with Crippen LogP contribution in [-0.2, 0) is 4.79 Å². The summed E-state index contributed by atoms with van der Waals surface area (Å²) in [6.45, 7) is 1.29. The highest BCUT2D eigenvalue weighted by atomic mass is 79.9. The molecule has 0 spiro atoms. The Hall–Kier alpha value is -2.88. The maximum atomic E-state index is 14.0. The fraction of sp³-hybridized carbons (Fsp3) is 0.278. The second kappa shape index (κ2) is 8.01. The van der Waals surface area contributed by atoms with Gasteiger partial charge in [0.15, 0.2) is 11.6 Å². The summed E-state index contributed by atoms with van der Waals surface area (Å²) in [7, 11) is 0. The molecule has 4 rings (SSSR count). The highest BCUT2D eigenvalue weighted by Crippen LogP contribution is 2.24. The summed E-state index contributed by atoms with van der Waals surface area (Å²) in [5.74, 6) is 0.339. The van der Waals surface area contributed by atoms with Crippen LogP contribution >= 0.6 is 15.9 Å². The molecular formula is C18H17BrFN7O. The van der Waals surface area contributed by atoms with Crippen LogP contribution in [0.4, 0.5) is 15.9 Å². The lowest BCUT2D eigenvalue weighted by molar-refractivity contribution is -0.120. The summed E-state index contributed by atoms with van der Waals surface area (Å²) in [4.78, 5) is 18.5. The molecule has 1 unspecified atom stereocenters. The van der Waals surface area contributed by atoms with Crippen LogP contribution in [0.25, 0.3) is 5.82 Å². The zero-order valence-electron chi connectivity index (χ0n) is 14.8. The number of carbonyl (C=O) groups excluding carboxylic acids is 1. The van der Waals surface area contributed by atoms with Gasteiger partial charge in [0.2, 0.25) is 5.91 Å². The molecule has 1 amide bonds. The molecule has 1 aliphatic heterocycles. The number of piperidine rings is 1. The van der Waals surface area contributed by atoms with E-state index in [2.05, 4.69) is 41.5 Å². The molecule has 2 aromatic heterocycles. The van der Waals surface area contributed by atoms with Crippen LogP contribution in [-0.4, -0.2) is 44.0 Å². The van der Waals surface area contributed by atoms with Gasteiger partial charge in [0, 0.05) is 17.6 Å². The first-order valence-electron chi connectivity index (χ1n) is 8.80. The predicted octanol–water partition coefficient (Wildman–Crippen LogP) is 2.81. The number of aromatic nitrogens is 5. The van der Waals surface area contributed by atoms with Crippen molar-refractivity contribution in [2.45, 2.75) is 12.8 Å². The molecule has 1 saturated heterocycles. The monoisotopic (exact) mass is 445 g/mol. The van der Waals surface area contributed by atoms with Gasteiger partial charge in [-0.15, -0.1) is 10.2 Å². The van der Waals surface area contributed by atoms with E-state index in [1.54, 1.807) is 24.5 Å². The van der Waals surface area contributed by atoms with Crippen molar-refractivity contribution in [1.29, 1.82) is 0 Å². The summed E-state index contributed by atoms with van der Waals surface area (Å²) >= 11 is 3.21. The van der Waals surface area contributed by atoms with Crippen LogP contribution in [0, 0.1) is 11.7 Å². The molecule has 1 fully saturated rings. The Morgan fingerprint density at radius 3 is 2.75 bits per heavy atom. The van der Waals surface area contributed by atoms with E-state index in [4.69, 9.17) is 0 Å². The van der Waals surface area contributed by atoms with Gasteiger partial charge in [-0.3, -0.25) is 4.79 Å². The molecule has 1 aliphatic rings. The maximum Gasteiger partial charge on any atom is 0.229 e. The quantitative estimate of drug-likeness (QED) is 0.663. The van der Waals surface area contributed by atoms with E-state index in [1.165, 1.54) is 17.1 Å². The van der Waals surface area contributed by atoms with Gasteiger partial charge in [0.05, 0.1) is 11.6 Å². The predicted molar refractivity (Wildman–Crippen MR) is 105 cm³/mol. The summed E-state index contributed by atoms with van der Waals surface area (Å²) < 4.78 is 16.1. The number of halogens is 2. The van der Waals surface area contributed by atoms with Crippen molar-refractivity contribution in [2.24, 2.45) is 5.92 Å². The van der Waals surface area contributed by atoms with Crippen molar-refractivity contribution in [2.75, 3.05) is 23.3 Å². The zero-order valence-corrected chi connectivity index (χ0v) is 16.4. The van der Waals surface area contributed by atoms with Gasteiger partial charge in [-0.1, -0.05) is 15.9 Å². The number of nitrogens with one attached hydrogen (secondary N) is 1. The lowest BCUT2D eigenvalue weighted by Crippen LogP contribution is -2.41. The number of hydrogen-bond donors (Lipinski definition) is 1. The molecule has 8 nitrogen and oxygen atoms in total. The zero-order chi connectivity index (χ0) is 19.5. The second-order valence-electron chi connectivity index (χ2n) is 6.49. The third kappa shape index (κ3) is 4.01. The van der Waals surface area contributed by atoms with Gasteiger partial charge >= 0.3 is 0 Å². The van der Waals surface area contributed by atoms with Gasteiger partial charge < -0.3 is 10.2 Å². The molecule has 144 valence electrons. The van der Waals surface area contributed by atoms with Gasteiger partial charge in [0.25, 0.3) is 0 Å². The van der Waals surface area contributed by atoms with Crippen LogP contribution in [0.3, 0.4) is 0 Å². The van der Waals surface area contributed by atoms with Gasteiger partial charge in [-0.2, -0.15) is 5.10 Å². The normalized spacial score (nSPS) is 16.8. The summed E-state index contributed by atoms with van der Waals surface area (Å²) in [6, 6.07) is 8.22. The first-order chi connectivity index (χ1) is 13.6. The first-order valence-corrected chi connectivity index (χ1v) is 9.59. The average molecular weight is 446 g/mol. The van der Waals surface area contributed by atoms with E-state index in [0.29, 0.717) is 22.7 Å². The molecule has 0 aliphatic carbocycles. The number of rotatable bonds is 4. The molecule has 1 atom stereocenters. The minimum atomic E-state index is -0.468. The molecule has 28 heavy (non-hydrogen) atoms. The van der Waals surface area contributed by atoms with E-state index in [1.807, 2.05) is 11.0 Å². The standard InChI is InChI=1S/C18H17BrFN7O/c19-13-3-4-15(14(20)8-13)23-18(28)12-2-1-7-26(9-12)16-5-6-17(25-24-16)27-11-21-10-22-27/h3-6,8,10-12H,1-2,7,9H2,(H,23,28). The Bertz CT molecular complexity index is 965. The van der Waals surface area contributed by atoms with Crippen molar-refractivity contribution in [3.05, 3.63) is 53.3 Å². The highest BCUT2D eigenvalue weighted by Gasteiger charge is 2.27. The number of nitrogens with zero attached hydrogens (tertiary/aromatic N) is 6. The second-order valence-corrected chi connectivity index (χ2v) is 7.40. The van der Waals surface area contributed by atoms with Crippen molar-refractivity contribution < 1.29 is 9.18 Å². The van der Waals surface area contributed by atoms with Crippen molar-refractivity contribution >= 4 is 33.3 Å². The van der Waals surface area contributed by atoms with Crippen LogP contribution in [0.5, 0.6) is 0 Å². The van der Waals surface area contributed by atoms with Crippen molar-refractivity contribution in [3.8, 4) is 5.82 Å². The van der Waals surface area contributed by atoms with E-state index < -0.39 is 5.82 Å². The smallest absolute Gasteiger partial charge is 0.229 e. The Morgan fingerprint density at radius 2 is 2.04 bits per heavy atom. The van der Waals surface area contributed by atoms with Gasteiger partial charge in [-0.05, 0) is 43.2 Å². The summed E-state index contributed by atoms with van der Waals surface area (Å²) in [5, 5.41) is 15.1. The Balaban J connectivity index is 1.43. The molecule has 0 radical (unpaired) electrons. The summed E-state index contributed by atoms with van der Waals surface area (Å²) in [6.07, 6.45) is 4.56. The van der Waals surface area contributed by atoms with E-state index in [-0.39, 0.29) is 17.5 Å². The number of hydrogen-bond acceptors (Lipinski definition) is 6. The third-order valence-corrected chi connectivity index (χ3v) is 5.09. The van der Waals surface area contributed by atoms with Crippen LogP contribution in [0.2, 0.25) is 0 Å². The van der Waals surface area contributed by atoms with Crippen LogP contribution in [0.1, 0.15) is 12.8 Å². The van der Waals surface area contributed by atoms with E-state index in [0.717, 1.165) is 19.4 Å². The van der Waals surface area contributed by atoms with E-state index in [9.17, 15) is 9.18 Å². The molecule has 0 saturated carbocycles. The Kier molecular flexibility index (Phi) is 5.29. The number of carbonyl (C=O) groups is 1. The largest absolute Gasteiger partial charge is 0.354 e. The van der Waals surface area contributed by atoms with Crippen molar-refractivity contribution in [3.63, 3.8) is 0 Å².